The topological polar surface area (TPSA) is 92.8 Å². The first-order valence-electron chi connectivity index (χ1n) is 6.63. The van der Waals surface area contributed by atoms with Gasteiger partial charge in [-0.25, -0.2) is 15.3 Å². The van der Waals surface area contributed by atoms with E-state index >= 15 is 0 Å². The lowest BCUT2D eigenvalue weighted by Gasteiger charge is -2.34. The van der Waals surface area contributed by atoms with Gasteiger partial charge >= 0.3 is 0 Å². The predicted molar refractivity (Wildman–Crippen MR) is 72.6 cm³/mol. The molecule has 3 rings (SSSR count). The number of nitrogens with zero attached hydrogens (tertiary/aromatic N) is 3. The molecule has 7 heteroatoms. The molecule has 7 nitrogen and oxygen atoms in total. The van der Waals surface area contributed by atoms with E-state index in [1.165, 1.54) is 0 Å². The molecule has 106 valence electrons. The van der Waals surface area contributed by atoms with Crippen molar-refractivity contribution in [3.8, 4) is 0 Å². The average molecular weight is 275 g/mol. The molecule has 0 saturated carbocycles. The van der Waals surface area contributed by atoms with Crippen LogP contribution in [0.25, 0.3) is 0 Å². The molecule has 1 aromatic heterocycles. The third kappa shape index (κ3) is 2.63. The number of hydrogen-bond acceptors (Lipinski definition) is 6. The van der Waals surface area contributed by atoms with E-state index in [1.807, 2.05) is 23.1 Å². The van der Waals surface area contributed by atoms with E-state index < -0.39 is 5.72 Å². The van der Waals surface area contributed by atoms with Crippen molar-refractivity contribution in [3.63, 3.8) is 0 Å². The molecular weight excluding hydrogens is 258 g/mol. The van der Waals surface area contributed by atoms with Gasteiger partial charge in [0, 0.05) is 32.1 Å². The monoisotopic (exact) mass is 275 g/mol. The number of amidine groups is 1. The smallest absolute Gasteiger partial charge is 0.231 e. The molecule has 0 bridgehead atoms. The fraction of sp³-hybridized carbons (Fsp3) is 0.462. The molecule has 20 heavy (non-hydrogen) atoms. The Kier molecular flexibility index (Phi) is 3.37. The van der Waals surface area contributed by atoms with Gasteiger partial charge in [-0.1, -0.05) is 6.07 Å². The van der Waals surface area contributed by atoms with E-state index in [1.54, 1.807) is 6.20 Å². The Bertz CT molecular complexity index is 523. The summed E-state index contributed by atoms with van der Waals surface area (Å²) < 4.78 is 0. The zero-order valence-corrected chi connectivity index (χ0v) is 11.1. The zero-order valence-electron chi connectivity index (χ0n) is 11.1. The first kappa shape index (κ1) is 13.0. The number of primary amides is 1. The highest BCUT2D eigenvalue weighted by Gasteiger charge is 2.40. The van der Waals surface area contributed by atoms with Crippen LogP contribution in [-0.4, -0.2) is 47.0 Å². The largest absolute Gasteiger partial charge is 0.369 e. The first-order chi connectivity index (χ1) is 9.67. The lowest BCUT2D eigenvalue weighted by atomic mass is 10.0. The van der Waals surface area contributed by atoms with Crippen molar-refractivity contribution in [3.05, 3.63) is 30.1 Å². The molecule has 1 saturated heterocycles. The summed E-state index contributed by atoms with van der Waals surface area (Å²) in [6, 6.07) is 5.65. The SMILES string of the molecule is NC(=O)CN1CCC2(CC1)N=C(c1ccccn1)NO2. The van der Waals surface area contributed by atoms with Gasteiger partial charge in [-0.05, 0) is 12.1 Å². The van der Waals surface area contributed by atoms with E-state index in [0.717, 1.165) is 31.6 Å². The first-order valence-corrected chi connectivity index (χ1v) is 6.63. The highest BCUT2D eigenvalue weighted by atomic mass is 16.7. The second kappa shape index (κ2) is 5.18. The maximum absolute atomic E-state index is 10.9. The minimum atomic E-state index is -0.541. The highest BCUT2D eigenvalue weighted by Crippen LogP contribution is 2.30. The summed E-state index contributed by atoms with van der Waals surface area (Å²) in [5, 5.41) is 0. The summed E-state index contributed by atoms with van der Waals surface area (Å²) in [7, 11) is 0. The lowest BCUT2D eigenvalue weighted by molar-refractivity contribution is -0.122. The van der Waals surface area contributed by atoms with Crippen LogP contribution < -0.4 is 11.2 Å². The summed E-state index contributed by atoms with van der Waals surface area (Å²) in [4.78, 5) is 27.5. The predicted octanol–water partition coefficient (Wildman–Crippen LogP) is -0.360. The number of nitrogens with two attached hydrogens (primary N) is 1. The van der Waals surface area contributed by atoms with Crippen molar-refractivity contribution in [2.75, 3.05) is 19.6 Å². The molecular formula is C13H17N5O2. The van der Waals surface area contributed by atoms with E-state index in [4.69, 9.17) is 10.6 Å². The van der Waals surface area contributed by atoms with E-state index in [0.29, 0.717) is 12.4 Å². The van der Waals surface area contributed by atoms with Crippen molar-refractivity contribution < 1.29 is 9.63 Å². The zero-order chi connectivity index (χ0) is 14.0. The van der Waals surface area contributed by atoms with Gasteiger partial charge in [0.25, 0.3) is 0 Å². The van der Waals surface area contributed by atoms with Gasteiger partial charge in [0.1, 0.15) is 5.69 Å². The van der Waals surface area contributed by atoms with Crippen LogP contribution in [0.4, 0.5) is 0 Å². The number of hydrogen-bond donors (Lipinski definition) is 2. The minimum Gasteiger partial charge on any atom is -0.369 e. The van der Waals surface area contributed by atoms with Crippen LogP contribution in [-0.2, 0) is 9.63 Å². The second-order valence-corrected chi connectivity index (χ2v) is 5.07. The van der Waals surface area contributed by atoms with Crippen LogP contribution in [0.3, 0.4) is 0 Å². The normalized spacial score (nSPS) is 21.5. The fourth-order valence-corrected chi connectivity index (χ4v) is 2.50. The van der Waals surface area contributed by atoms with Crippen LogP contribution in [0.15, 0.2) is 29.4 Å². The van der Waals surface area contributed by atoms with Gasteiger partial charge in [-0.15, -0.1) is 0 Å². The van der Waals surface area contributed by atoms with Gasteiger partial charge < -0.3 is 5.73 Å². The summed E-state index contributed by atoms with van der Waals surface area (Å²) >= 11 is 0. The summed E-state index contributed by atoms with van der Waals surface area (Å²) in [5.41, 5.74) is 8.30. The van der Waals surface area contributed by atoms with Gasteiger partial charge in [-0.3, -0.25) is 14.7 Å². The van der Waals surface area contributed by atoms with Gasteiger partial charge in [-0.2, -0.15) is 0 Å². The molecule has 0 radical (unpaired) electrons. The lowest BCUT2D eigenvalue weighted by Crippen LogP contribution is -2.46. The number of carbonyl (C=O) groups excluding carboxylic acids is 1. The quantitative estimate of drug-likeness (QED) is 0.786. The standard InChI is InChI=1S/C13H17N5O2/c14-11(19)9-18-7-4-13(5-8-18)16-12(17-20-13)10-3-1-2-6-15-10/h1-3,6H,4-5,7-9H2,(H2,14,19)(H,16,17). The number of pyridine rings is 1. The number of rotatable bonds is 3. The molecule has 1 amide bonds. The minimum absolute atomic E-state index is 0.292. The van der Waals surface area contributed by atoms with Crippen LogP contribution in [0.2, 0.25) is 0 Å². The summed E-state index contributed by atoms with van der Waals surface area (Å²) in [6.45, 7) is 1.77. The third-order valence-electron chi connectivity index (χ3n) is 3.58. The van der Waals surface area contributed by atoms with Crippen LogP contribution in [0, 0.1) is 0 Å². The number of piperidine rings is 1. The summed E-state index contributed by atoms with van der Waals surface area (Å²) in [6.07, 6.45) is 3.17. The Balaban J connectivity index is 1.68. The van der Waals surface area contributed by atoms with Crippen molar-refractivity contribution in [1.82, 2.24) is 15.4 Å². The molecule has 0 unspecified atom stereocenters. The number of amides is 1. The molecule has 2 aliphatic rings. The molecule has 0 atom stereocenters. The van der Waals surface area contributed by atoms with Crippen molar-refractivity contribution >= 4 is 11.7 Å². The number of aliphatic imine (C=N–C) groups is 1. The van der Waals surface area contributed by atoms with Gasteiger partial charge in [0.2, 0.25) is 5.91 Å². The van der Waals surface area contributed by atoms with Crippen molar-refractivity contribution in [1.29, 1.82) is 0 Å². The van der Waals surface area contributed by atoms with E-state index in [9.17, 15) is 4.79 Å². The molecule has 3 heterocycles. The molecule has 0 aromatic carbocycles. The molecule has 1 fully saturated rings. The molecule has 1 spiro atoms. The Morgan fingerprint density at radius 3 is 2.90 bits per heavy atom. The van der Waals surface area contributed by atoms with Crippen LogP contribution in [0.1, 0.15) is 18.5 Å². The van der Waals surface area contributed by atoms with Crippen LogP contribution in [0.5, 0.6) is 0 Å². The van der Waals surface area contributed by atoms with Crippen molar-refractivity contribution in [2.24, 2.45) is 10.7 Å². The summed E-state index contributed by atoms with van der Waals surface area (Å²) in [5.74, 6) is 0.359. The maximum atomic E-state index is 10.9. The number of hydroxylamine groups is 1. The average Bonchev–Trinajstić information content (AvgIpc) is 2.87. The highest BCUT2D eigenvalue weighted by molar-refractivity contribution is 5.97. The number of carbonyl (C=O) groups is 1. The molecule has 1 aromatic rings. The Hall–Kier alpha value is -1.99. The third-order valence-corrected chi connectivity index (χ3v) is 3.58. The molecule has 0 aliphatic carbocycles. The van der Waals surface area contributed by atoms with Crippen LogP contribution >= 0.6 is 0 Å². The Morgan fingerprint density at radius 2 is 2.25 bits per heavy atom. The van der Waals surface area contributed by atoms with Crippen molar-refractivity contribution in [2.45, 2.75) is 18.6 Å². The van der Waals surface area contributed by atoms with Gasteiger partial charge in [0.15, 0.2) is 11.6 Å². The Labute approximate surface area is 116 Å². The van der Waals surface area contributed by atoms with E-state index in [-0.39, 0.29) is 5.91 Å². The molecule has 2 aliphatic heterocycles. The molecule has 3 N–H and O–H groups in total. The Morgan fingerprint density at radius 1 is 1.45 bits per heavy atom. The maximum Gasteiger partial charge on any atom is 0.231 e. The van der Waals surface area contributed by atoms with E-state index in [2.05, 4.69) is 15.5 Å². The fourth-order valence-electron chi connectivity index (χ4n) is 2.50. The second-order valence-electron chi connectivity index (χ2n) is 5.07. The number of aromatic nitrogens is 1. The van der Waals surface area contributed by atoms with Gasteiger partial charge in [0.05, 0.1) is 6.54 Å². The number of nitrogens with one attached hydrogen (secondary N) is 1. The number of likely N-dealkylation sites (tertiary alicyclic amines) is 1.